The Morgan fingerprint density at radius 3 is 2.39 bits per heavy atom. The molecule has 3 nitrogen and oxygen atoms in total. The molecular weight excluding hydrogens is 224 g/mol. The van der Waals surface area contributed by atoms with E-state index in [4.69, 9.17) is 5.73 Å². The summed E-state index contributed by atoms with van der Waals surface area (Å²) in [6.07, 6.45) is 0. The van der Waals surface area contributed by atoms with Crippen molar-refractivity contribution in [3.63, 3.8) is 0 Å². The zero-order valence-corrected chi connectivity index (χ0v) is 9.68. The molecule has 18 heavy (non-hydrogen) atoms. The van der Waals surface area contributed by atoms with E-state index < -0.39 is 0 Å². The van der Waals surface area contributed by atoms with Crippen molar-refractivity contribution in [3.05, 3.63) is 60.2 Å². The van der Waals surface area contributed by atoms with Gasteiger partial charge in [-0.05, 0) is 24.3 Å². The van der Waals surface area contributed by atoms with Gasteiger partial charge in [0.05, 0.1) is 11.4 Å². The van der Waals surface area contributed by atoms with Crippen molar-refractivity contribution < 1.29 is 4.79 Å². The maximum absolute atomic E-state index is 11.6. The maximum Gasteiger partial charge on any atom is 0.300 e. The monoisotopic (exact) mass is 236 g/mol. The fourth-order valence-electron chi connectivity index (χ4n) is 1.41. The van der Waals surface area contributed by atoms with E-state index >= 15 is 0 Å². The quantitative estimate of drug-likeness (QED) is 0.589. The Bertz CT molecular complexity index is 609. The molecule has 1 amide bonds. The first kappa shape index (κ1) is 11.7. The molecule has 2 aromatic rings. The minimum absolute atomic E-state index is 0.378. The topological polar surface area (TPSA) is 55.1 Å². The number of carbonyl (C=O) groups is 1. The van der Waals surface area contributed by atoms with Crippen LogP contribution in [0.4, 0.5) is 11.4 Å². The third-order valence-corrected chi connectivity index (χ3v) is 2.30. The Morgan fingerprint density at radius 2 is 1.67 bits per heavy atom. The number of anilines is 2. The minimum Gasteiger partial charge on any atom is -0.397 e. The second-order valence-electron chi connectivity index (χ2n) is 3.66. The van der Waals surface area contributed by atoms with E-state index in [-0.39, 0.29) is 5.91 Å². The molecule has 0 saturated carbocycles. The number of hydrogen-bond donors (Lipinski definition) is 2. The Kier molecular flexibility index (Phi) is 3.62. The van der Waals surface area contributed by atoms with E-state index in [9.17, 15) is 4.79 Å². The average molecular weight is 236 g/mol. The standard InChI is InChI=1S/C15H12N2O/c16-13-8-4-5-9-14(13)17-15(18)11-10-12-6-2-1-3-7-12/h1-9H,16H2,(H,17,18). The van der Waals surface area contributed by atoms with Crippen LogP contribution in [0.5, 0.6) is 0 Å². The smallest absolute Gasteiger partial charge is 0.300 e. The van der Waals surface area contributed by atoms with E-state index in [0.29, 0.717) is 11.4 Å². The highest BCUT2D eigenvalue weighted by Gasteiger charge is 2.00. The number of hydrogen-bond acceptors (Lipinski definition) is 2. The highest BCUT2D eigenvalue weighted by Crippen LogP contribution is 2.16. The minimum atomic E-state index is -0.378. The van der Waals surface area contributed by atoms with Gasteiger partial charge in [-0.1, -0.05) is 36.3 Å². The third kappa shape index (κ3) is 3.13. The number of para-hydroxylation sites is 2. The van der Waals surface area contributed by atoms with Crippen LogP contribution in [-0.4, -0.2) is 5.91 Å². The summed E-state index contributed by atoms with van der Waals surface area (Å²) in [4.78, 5) is 11.6. The van der Waals surface area contributed by atoms with Gasteiger partial charge in [-0.15, -0.1) is 0 Å². The number of nitrogen functional groups attached to an aromatic ring is 1. The van der Waals surface area contributed by atoms with Crippen LogP contribution in [0.15, 0.2) is 54.6 Å². The van der Waals surface area contributed by atoms with Crippen molar-refractivity contribution in [1.82, 2.24) is 0 Å². The molecule has 2 rings (SSSR count). The first-order valence-electron chi connectivity index (χ1n) is 5.48. The lowest BCUT2D eigenvalue weighted by Gasteiger charge is -2.03. The predicted molar refractivity (Wildman–Crippen MR) is 72.8 cm³/mol. The predicted octanol–water partition coefficient (Wildman–Crippen LogP) is 2.26. The van der Waals surface area contributed by atoms with Crippen LogP contribution in [0.2, 0.25) is 0 Å². The molecule has 3 heteroatoms. The Labute approximate surface area is 106 Å². The zero-order chi connectivity index (χ0) is 12.8. The Morgan fingerprint density at radius 1 is 1.00 bits per heavy atom. The largest absolute Gasteiger partial charge is 0.397 e. The van der Waals surface area contributed by atoms with Crippen molar-refractivity contribution in [2.24, 2.45) is 0 Å². The average Bonchev–Trinajstić information content (AvgIpc) is 2.40. The van der Waals surface area contributed by atoms with Gasteiger partial charge in [0, 0.05) is 11.5 Å². The molecule has 0 aromatic heterocycles. The lowest BCUT2D eigenvalue weighted by atomic mass is 10.2. The molecule has 0 heterocycles. The first-order valence-corrected chi connectivity index (χ1v) is 5.48. The molecule has 0 aliphatic carbocycles. The second kappa shape index (κ2) is 5.55. The highest BCUT2D eigenvalue weighted by molar-refractivity contribution is 6.05. The first-order chi connectivity index (χ1) is 8.75. The van der Waals surface area contributed by atoms with Crippen molar-refractivity contribution >= 4 is 17.3 Å². The van der Waals surface area contributed by atoms with E-state index in [1.165, 1.54) is 0 Å². The molecule has 3 N–H and O–H groups in total. The van der Waals surface area contributed by atoms with Gasteiger partial charge in [0.15, 0.2) is 0 Å². The fraction of sp³-hybridized carbons (Fsp3) is 0. The fourth-order valence-corrected chi connectivity index (χ4v) is 1.41. The van der Waals surface area contributed by atoms with E-state index in [1.54, 1.807) is 24.3 Å². The van der Waals surface area contributed by atoms with E-state index in [2.05, 4.69) is 17.2 Å². The van der Waals surface area contributed by atoms with Crippen molar-refractivity contribution in [2.45, 2.75) is 0 Å². The highest BCUT2D eigenvalue weighted by atomic mass is 16.1. The van der Waals surface area contributed by atoms with Gasteiger partial charge in [0.2, 0.25) is 0 Å². The summed E-state index contributed by atoms with van der Waals surface area (Å²) >= 11 is 0. The molecule has 0 atom stereocenters. The SMILES string of the molecule is Nc1ccccc1NC(=O)C#Cc1ccccc1. The van der Waals surface area contributed by atoms with Gasteiger partial charge >= 0.3 is 5.91 Å². The van der Waals surface area contributed by atoms with Gasteiger partial charge in [0.25, 0.3) is 0 Å². The Balaban J connectivity index is 2.07. The van der Waals surface area contributed by atoms with Crippen molar-refractivity contribution in [1.29, 1.82) is 0 Å². The number of nitrogens with two attached hydrogens (primary N) is 1. The van der Waals surface area contributed by atoms with Crippen LogP contribution < -0.4 is 11.1 Å². The van der Waals surface area contributed by atoms with Gasteiger partial charge in [0.1, 0.15) is 0 Å². The van der Waals surface area contributed by atoms with Crippen LogP contribution in [0, 0.1) is 11.8 Å². The molecule has 0 spiro atoms. The number of benzene rings is 2. The van der Waals surface area contributed by atoms with Gasteiger partial charge in [-0.2, -0.15) is 0 Å². The molecule has 0 fully saturated rings. The number of rotatable bonds is 1. The summed E-state index contributed by atoms with van der Waals surface area (Å²) in [6.45, 7) is 0. The number of amides is 1. The van der Waals surface area contributed by atoms with Gasteiger partial charge in [-0.3, -0.25) is 4.79 Å². The molecule has 0 unspecified atom stereocenters. The van der Waals surface area contributed by atoms with Crippen LogP contribution >= 0.6 is 0 Å². The summed E-state index contributed by atoms with van der Waals surface area (Å²) in [5.74, 6) is 4.92. The van der Waals surface area contributed by atoms with Gasteiger partial charge in [-0.25, -0.2) is 0 Å². The van der Waals surface area contributed by atoms with E-state index in [1.807, 2.05) is 30.3 Å². The van der Waals surface area contributed by atoms with Crippen LogP contribution in [0.25, 0.3) is 0 Å². The third-order valence-electron chi connectivity index (χ3n) is 2.30. The van der Waals surface area contributed by atoms with E-state index in [0.717, 1.165) is 5.56 Å². The van der Waals surface area contributed by atoms with Crippen molar-refractivity contribution in [3.8, 4) is 11.8 Å². The van der Waals surface area contributed by atoms with Crippen LogP contribution in [-0.2, 0) is 4.79 Å². The molecule has 0 radical (unpaired) electrons. The van der Waals surface area contributed by atoms with Crippen LogP contribution in [0.1, 0.15) is 5.56 Å². The summed E-state index contributed by atoms with van der Waals surface area (Å²) in [6, 6.07) is 16.4. The zero-order valence-electron chi connectivity index (χ0n) is 9.68. The maximum atomic E-state index is 11.6. The molecule has 2 aromatic carbocycles. The van der Waals surface area contributed by atoms with Gasteiger partial charge < -0.3 is 11.1 Å². The summed E-state index contributed by atoms with van der Waals surface area (Å²) < 4.78 is 0. The second-order valence-corrected chi connectivity index (χ2v) is 3.66. The number of carbonyl (C=O) groups excluding carboxylic acids is 1. The molecule has 0 aliphatic heterocycles. The van der Waals surface area contributed by atoms with Crippen molar-refractivity contribution in [2.75, 3.05) is 11.1 Å². The normalized spacial score (nSPS) is 9.11. The van der Waals surface area contributed by atoms with Crippen LogP contribution in [0.3, 0.4) is 0 Å². The summed E-state index contributed by atoms with van der Waals surface area (Å²) in [7, 11) is 0. The lowest BCUT2D eigenvalue weighted by Crippen LogP contribution is -2.10. The molecular formula is C15H12N2O. The number of nitrogens with one attached hydrogen (secondary N) is 1. The molecule has 0 bridgehead atoms. The Hall–Kier alpha value is -2.73. The lowest BCUT2D eigenvalue weighted by molar-refractivity contribution is -0.111. The summed E-state index contributed by atoms with van der Waals surface area (Å²) in [5, 5.41) is 2.64. The summed E-state index contributed by atoms with van der Waals surface area (Å²) in [5.41, 5.74) is 7.61. The molecule has 88 valence electrons. The molecule has 0 aliphatic rings. The molecule has 0 saturated heterocycles.